The van der Waals surface area contributed by atoms with E-state index in [0.29, 0.717) is 11.1 Å². The molecule has 0 atom stereocenters. The van der Waals surface area contributed by atoms with Gasteiger partial charge in [0.2, 0.25) is 0 Å². The van der Waals surface area contributed by atoms with Crippen molar-refractivity contribution < 1.29 is 22.7 Å². The van der Waals surface area contributed by atoms with Gasteiger partial charge in [-0.2, -0.15) is 13.2 Å². The molecule has 0 saturated carbocycles. The van der Waals surface area contributed by atoms with Crippen molar-refractivity contribution in [3.05, 3.63) is 35.4 Å². The Kier molecular flexibility index (Phi) is 4.32. The number of carbonyl (C=O) groups excluding carboxylic acids is 1. The Balaban J connectivity index is 2.47. The van der Waals surface area contributed by atoms with Crippen LogP contribution in [0, 0.1) is 0 Å². The highest BCUT2D eigenvalue weighted by atomic mass is 35.5. The van der Waals surface area contributed by atoms with E-state index in [1.165, 1.54) is 24.3 Å². The molecule has 0 aliphatic heterocycles. The summed E-state index contributed by atoms with van der Waals surface area (Å²) in [5.74, 6) is 0. The van der Waals surface area contributed by atoms with Crippen molar-refractivity contribution in [3.8, 4) is 0 Å². The maximum absolute atomic E-state index is 11.7. The van der Waals surface area contributed by atoms with E-state index in [1.807, 2.05) is 0 Å². The largest absolute Gasteiger partial charge is 0.411 e. The van der Waals surface area contributed by atoms with Crippen molar-refractivity contribution in [2.75, 3.05) is 6.61 Å². The molecule has 0 N–H and O–H groups in total. The van der Waals surface area contributed by atoms with Crippen LogP contribution >= 0.6 is 11.6 Å². The first-order chi connectivity index (χ1) is 7.38. The van der Waals surface area contributed by atoms with E-state index in [-0.39, 0.29) is 6.61 Å². The predicted molar refractivity (Wildman–Crippen MR) is 52.3 cm³/mol. The monoisotopic (exact) mass is 252 g/mol. The molecular weight excluding hydrogens is 245 g/mol. The van der Waals surface area contributed by atoms with Gasteiger partial charge in [0.15, 0.2) is 0 Å². The Morgan fingerprint density at radius 3 is 2.25 bits per heavy atom. The van der Waals surface area contributed by atoms with Gasteiger partial charge in [-0.15, -0.1) is 0 Å². The number of halogens is 4. The fraction of sp³-hybridized carbons (Fsp3) is 0.300. The molecule has 0 saturated heterocycles. The standard InChI is InChI=1S/C10H8ClF3O2/c11-9(15)8-3-1-7(2-4-8)5-16-6-10(12,13)14/h1-4H,5-6H2. The van der Waals surface area contributed by atoms with Gasteiger partial charge >= 0.3 is 6.18 Å². The highest BCUT2D eigenvalue weighted by Gasteiger charge is 2.27. The molecule has 0 bridgehead atoms. The zero-order valence-electron chi connectivity index (χ0n) is 8.05. The summed E-state index contributed by atoms with van der Waals surface area (Å²) in [5, 5.41) is -0.609. The fourth-order valence-electron chi connectivity index (χ4n) is 1.02. The van der Waals surface area contributed by atoms with Gasteiger partial charge in [0.05, 0.1) is 6.61 Å². The highest BCUT2D eigenvalue weighted by molar-refractivity contribution is 6.67. The molecule has 16 heavy (non-hydrogen) atoms. The van der Waals surface area contributed by atoms with Gasteiger partial charge in [-0.05, 0) is 29.3 Å². The van der Waals surface area contributed by atoms with Gasteiger partial charge in [-0.25, -0.2) is 0 Å². The van der Waals surface area contributed by atoms with E-state index in [0.717, 1.165) is 0 Å². The Hall–Kier alpha value is -1.07. The number of hydrogen-bond donors (Lipinski definition) is 0. The summed E-state index contributed by atoms with van der Waals surface area (Å²) in [4.78, 5) is 10.7. The van der Waals surface area contributed by atoms with Crippen molar-refractivity contribution in [1.82, 2.24) is 0 Å². The van der Waals surface area contributed by atoms with E-state index in [4.69, 9.17) is 11.6 Å². The first-order valence-corrected chi connectivity index (χ1v) is 4.69. The third kappa shape index (κ3) is 4.63. The van der Waals surface area contributed by atoms with E-state index in [1.54, 1.807) is 0 Å². The molecule has 2 nitrogen and oxygen atoms in total. The Bertz CT molecular complexity index is 359. The van der Waals surface area contributed by atoms with Gasteiger partial charge in [0.25, 0.3) is 5.24 Å². The van der Waals surface area contributed by atoms with Crippen molar-refractivity contribution in [3.63, 3.8) is 0 Å². The van der Waals surface area contributed by atoms with Crippen LogP contribution in [0.25, 0.3) is 0 Å². The lowest BCUT2D eigenvalue weighted by Crippen LogP contribution is -2.16. The molecule has 0 unspecified atom stereocenters. The van der Waals surface area contributed by atoms with Crippen LogP contribution in [0.15, 0.2) is 24.3 Å². The SMILES string of the molecule is O=C(Cl)c1ccc(COCC(F)(F)F)cc1. The second-order valence-corrected chi connectivity index (χ2v) is 3.42. The first-order valence-electron chi connectivity index (χ1n) is 4.32. The molecule has 0 heterocycles. The molecule has 0 aromatic heterocycles. The highest BCUT2D eigenvalue weighted by Crippen LogP contribution is 2.16. The third-order valence-electron chi connectivity index (χ3n) is 1.72. The van der Waals surface area contributed by atoms with Crippen LogP contribution in [0.5, 0.6) is 0 Å². The Morgan fingerprint density at radius 1 is 1.25 bits per heavy atom. The smallest absolute Gasteiger partial charge is 0.367 e. The molecule has 0 fully saturated rings. The minimum Gasteiger partial charge on any atom is -0.367 e. The van der Waals surface area contributed by atoms with Crippen molar-refractivity contribution in [2.24, 2.45) is 0 Å². The molecule has 0 radical (unpaired) electrons. The average molecular weight is 253 g/mol. The first kappa shape index (κ1) is 13.0. The maximum Gasteiger partial charge on any atom is 0.411 e. The normalized spacial score (nSPS) is 11.5. The minimum absolute atomic E-state index is 0.156. The third-order valence-corrected chi connectivity index (χ3v) is 1.93. The number of carbonyl (C=O) groups is 1. The van der Waals surface area contributed by atoms with Crippen LogP contribution in [0.1, 0.15) is 15.9 Å². The molecule has 0 amide bonds. The number of rotatable bonds is 4. The molecule has 0 aliphatic carbocycles. The quantitative estimate of drug-likeness (QED) is 0.770. The summed E-state index contributed by atoms with van der Waals surface area (Å²) in [5.41, 5.74) is 0.840. The van der Waals surface area contributed by atoms with Crippen LogP contribution in [0.3, 0.4) is 0 Å². The van der Waals surface area contributed by atoms with Crippen molar-refractivity contribution in [2.45, 2.75) is 12.8 Å². The second kappa shape index (κ2) is 5.32. The van der Waals surface area contributed by atoms with Crippen molar-refractivity contribution in [1.29, 1.82) is 0 Å². The van der Waals surface area contributed by atoms with E-state index in [2.05, 4.69) is 4.74 Å². The average Bonchev–Trinajstić information content (AvgIpc) is 2.16. The fourth-order valence-corrected chi connectivity index (χ4v) is 1.14. The zero-order valence-corrected chi connectivity index (χ0v) is 8.81. The molecule has 6 heteroatoms. The molecule has 0 aliphatic rings. The lowest BCUT2D eigenvalue weighted by Gasteiger charge is -2.07. The summed E-state index contributed by atoms with van der Waals surface area (Å²) in [6.07, 6.45) is -4.33. The lowest BCUT2D eigenvalue weighted by atomic mass is 10.1. The summed E-state index contributed by atoms with van der Waals surface area (Å²) < 4.78 is 39.7. The number of ether oxygens (including phenoxy) is 1. The van der Waals surface area contributed by atoms with Crippen LogP contribution in [0.4, 0.5) is 13.2 Å². The maximum atomic E-state index is 11.7. The van der Waals surface area contributed by atoms with E-state index >= 15 is 0 Å². The van der Waals surface area contributed by atoms with Crippen LogP contribution in [-0.2, 0) is 11.3 Å². The summed E-state index contributed by atoms with van der Waals surface area (Å²) in [6.45, 7) is -1.44. The molecule has 1 aromatic carbocycles. The summed E-state index contributed by atoms with van der Waals surface area (Å²) in [6, 6.07) is 5.85. The predicted octanol–water partition coefficient (Wildman–Crippen LogP) is 3.14. The topological polar surface area (TPSA) is 26.3 Å². The minimum atomic E-state index is -4.33. The van der Waals surface area contributed by atoms with Gasteiger partial charge in [0.1, 0.15) is 6.61 Å². The van der Waals surface area contributed by atoms with Gasteiger partial charge < -0.3 is 4.74 Å². The van der Waals surface area contributed by atoms with Crippen molar-refractivity contribution >= 4 is 16.8 Å². The van der Waals surface area contributed by atoms with Crippen LogP contribution in [-0.4, -0.2) is 18.0 Å². The molecule has 88 valence electrons. The Labute approximate surface area is 95.0 Å². The van der Waals surface area contributed by atoms with Crippen LogP contribution in [0.2, 0.25) is 0 Å². The van der Waals surface area contributed by atoms with E-state index < -0.39 is 18.0 Å². The summed E-state index contributed by atoms with van der Waals surface area (Å²) >= 11 is 5.20. The lowest BCUT2D eigenvalue weighted by molar-refractivity contribution is -0.176. The second-order valence-electron chi connectivity index (χ2n) is 3.08. The number of benzene rings is 1. The van der Waals surface area contributed by atoms with E-state index in [9.17, 15) is 18.0 Å². The Morgan fingerprint density at radius 2 is 1.81 bits per heavy atom. The summed E-state index contributed by atoms with van der Waals surface area (Å²) in [7, 11) is 0. The molecule has 1 rings (SSSR count). The van der Waals surface area contributed by atoms with Gasteiger partial charge in [-0.1, -0.05) is 12.1 Å². The molecule has 1 aromatic rings. The number of hydrogen-bond acceptors (Lipinski definition) is 2. The van der Waals surface area contributed by atoms with Gasteiger partial charge in [0, 0.05) is 5.56 Å². The van der Waals surface area contributed by atoms with Crippen LogP contribution < -0.4 is 0 Å². The zero-order chi connectivity index (χ0) is 12.2. The molecular formula is C10H8ClF3O2. The molecule has 0 spiro atoms. The number of alkyl halides is 3. The van der Waals surface area contributed by atoms with Gasteiger partial charge in [-0.3, -0.25) is 4.79 Å².